The molecule has 2 unspecified atom stereocenters. The molecule has 2 rings (SSSR count). The van der Waals surface area contributed by atoms with Gasteiger partial charge in [0.1, 0.15) is 0 Å². The van der Waals surface area contributed by atoms with Crippen LogP contribution in [-0.4, -0.2) is 13.1 Å². The Kier molecular flexibility index (Phi) is 5.48. The van der Waals surface area contributed by atoms with Crippen molar-refractivity contribution in [3.63, 3.8) is 0 Å². The first kappa shape index (κ1) is 16.5. The zero-order valence-corrected chi connectivity index (χ0v) is 14.6. The summed E-state index contributed by atoms with van der Waals surface area (Å²) in [6, 6.07) is 7.14. The predicted octanol–water partition coefficient (Wildman–Crippen LogP) is 5.21. The van der Waals surface area contributed by atoms with Crippen LogP contribution >= 0.6 is 0 Å². The molecule has 118 valence electrons. The van der Waals surface area contributed by atoms with Crippen molar-refractivity contribution in [3.8, 4) is 0 Å². The van der Waals surface area contributed by atoms with E-state index < -0.39 is 0 Å². The molecular weight excluding hydrogens is 254 g/mol. The summed E-state index contributed by atoms with van der Waals surface area (Å²) in [6.45, 7) is 13.9. The third-order valence-electron chi connectivity index (χ3n) is 5.04. The molecule has 1 aromatic rings. The second-order valence-electron chi connectivity index (χ2n) is 7.90. The van der Waals surface area contributed by atoms with Crippen molar-refractivity contribution in [2.45, 2.75) is 66.2 Å². The number of benzene rings is 1. The van der Waals surface area contributed by atoms with Crippen LogP contribution in [0.3, 0.4) is 0 Å². The van der Waals surface area contributed by atoms with E-state index in [1.54, 1.807) is 5.56 Å². The van der Waals surface area contributed by atoms with Crippen LogP contribution in [0.1, 0.15) is 69.1 Å². The van der Waals surface area contributed by atoms with Crippen LogP contribution in [0, 0.1) is 25.2 Å². The Balaban J connectivity index is 2.19. The Labute approximate surface area is 131 Å². The molecule has 0 saturated heterocycles. The van der Waals surface area contributed by atoms with E-state index in [0.29, 0.717) is 5.41 Å². The van der Waals surface area contributed by atoms with Gasteiger partial charge < -0.3 is 5.32 Å². The summed E-state index contributed by atoms with van der Waals surface area (Å²) in [7, 11) is 0. The van der Waals surface area contributed by atoms with Gasteiger partial charge in [-0.1, -0.05) is 50.1 Å². The third kappa shape index (κ3) is 4.57. The fourth-order valence-electron chi connectivity index (χ4n) is 3.96. The Morgan fingerprint density at radius 3 is 2.43 bits per heavy atom. The summed E-state index contributed by atoms with van der Waals surface area (Å²) in [6.07, 6.45) is 5.29. The Morgan fingerprint density at radius 1 is 1.14 bits per heavy atom. The van der Waals surface area contributed by atoms with Gasteiger partial charge >= 0.3 is 0 Å². The number of rotatable bonds is 5. The first-order valence-corrected chi connectivity index (χ1v) is 8.70. The predicted molar refractivity (Wildman–Crippen MR) is 92.9 cm³/mol. The molecule has 2 atom stereocenters. The van der Waals surface area contributed by atoms with E-state index in [-0.39, 0.29) is 0 Å². The molecule has 21 heavy (non-hydrogen) atoms. The van der Waals surface area contributed by atoms with E-state index in [9.17, 15) is 0 Å². The van der Waals surface area contributed by atoms with Crippen molar-refractivity contribution in [2.24, 2.45) is 11.3 Å². The summed E-state index contributed by atoms with van der Waals surface area (Å²) in [5, 5.41) is 3.66. The first-order valence-electron chi connectivity index (χ1n) is 8.70. The lowest BCUT2D eigenvalue weighted by Gasteiger charge is -2.41. The zero-order valence-electron chi connectivity index (χ0n) is 14.6. The minimum atomic E-state index is 0.490. The summed E-state index contributed by atoms with van der Waals surface area (Å²) in [4.78, 5) is 0. The second-order valence-corrected chi connectivity index (χ2v) is 7.90. The van der Waals surface area contributed by atoms with Gasteiger partial charge in [0, 0.05) is 0 Å². The van der Waals surface area contributed by atoms with E-state index in [1.165, 1.54) is 43.4 Å². The Bertz CT molecular complexity index is 441. The maximum absolute atomic E-state index is 3.66. The highest BCUT2D eigenvalue weighted by atomic mass is 14.9. The highest BCUT2D eigenvalue weighted by Gasteiger charge is 2.35. The zero-order chi connectivity index (χ0) is 15.5. The monoisotopic (exact) mass is 287 g/mol. The second kappa shape index (κ2) is 6.96. The fourth-order valence-corrected chi connectivity index (χ4v) is 3.96. The van der Waals surface area contributed by atoms with Gasteiger partial charge in [0.05, 0.1) is 0 Å². The highest BCUT2D eigenvalue weighted by molar-refractivity contribution is 5.32. The molecule has 0 heterocycles. The molecule has 0 radical (unpaired) electrons. The summed E-state index contributed by atoms with van der Waals surface area (Å²) in [5.74, 6) is 1.52. The quantitative estimate of drug-likeness (QED) is 0.733. The molecule has 1 aliphatic carbocycles. The van der Waals surface area contributed by atoms with Gasteiger partial charge in [-0.05, 0) is 75.4 Å². The molecule has 1 N–H and O–H groups in total. The molecule has 0 bridgehead atoms. The van der Waals surface area contributed by atoms with Gasteiger partial charge in [-0.2, -0.15) is 0 Å². The topological polar surface area (TPSA) is 12.0 Å². The summed E-state index contributed by atoms with van der Waals surface area (Å²) in [5.41, 5.74) is 4.88. The molecule has 0 aromatic heterocycles. The van der Waals surface area contributed by atoms with Crippen LogP contribution in [0.2, 0.25) is 0 Å². The van der Waals surface area contributed by atoms with Crippen LogP contribution in [0.4, 0.5) is 0 Å². The normalized spacial score (nSPS) is 25.0. The van der Waals surface area contributed by atoms with Crippen molar-refractivity contribution >= 4 is 0 Å². The van der Waals surface area contributed by atoms with E-state index in [1.807, 2.05) is 0 Å². The van der Waals surface area contributed by atoms with Gasteiger partial charge in [0.2, 0.25) is 0 Å². The maximum atomic E-state index is 3.66. The van der Waals surface area contributed by atoms with E-state index in [2.05, 4.69) is 58.1 Å². The van der Waals surface area contributed by atoms with Crippen molar-refractivity contribution in [1.29, 1.82) is 0 Å². The number of aryl methyl sites for hydroxylation is 2. The molecule has 1 fully saturated rings. The lowest BCUT2D eigenvalue weighted by Crippen LogP contribution is -2.35. The smallest absolute Gasteiger partial charge is 0.00147 e. The van der Waals surface area contributed by atoms with Gasteiger partial charge in [0.15, 0.2) is 0 Å². The van der Waals surface area contributed by atoms with Crippen LogP contribution < -0.4 is 5.32 Å². The average Bonchev–Trinajstić information content (AvgIpc) is 2.39. The molecule has 1 aromatic carbocycles. The van der Waals surface area contributed by atoms with Gasteiger partial charge in [-0.3, -0.25) is 0 Å². The molecule has 1 aliphatic rings. The number of nitrogens with one attached hydrogen (secondary N) is 1. The van der Waals surface area contributed by atoms with Gasteiger partial charge in [0.25, 0.3) is 0 Å². The van der Waals surface area contributed by atoms with E-state index in [4.69, 9.17) is 0 Å². The van der Waals surface area contributed by atoms with Gasteiger partial charge in [-0.25, -0.2) is 0 Å². The van der Waals surface area contributed by atoms with E-state index >= 15 is 0 Å². The van der Waals surface area contributed by atoms with Crippen LogP contribution in [0.15, 0.2) is 18.2 Å². The fraction of sp³-hybridized carbons (Fsp3) is 0.700. The largest absolute Gasteiger partial charge is 0.316 e. The molecule has 0 aliphatic heterocycles. The first-order chi connectivity index (χ1) is 9.91. The maximum Gasteiger partial charge on any atom is -0.00147 e. The molecule has 1 nitrogen and oxygen atoms in total. The molecule has 0 spiro atoms. The van der Waals surface area contributed by atoms with Crippen LogP contribution in [0.5, 0.6) is 0 Å². The lowest BCUT2D eigenvalue weighted by molar-refractivity contribution is 0.160. The molecule has 1 heteroatoms. The molecule has 0 amide bonds. The highest BCUT2D eigenvalue weighted by Crippen LogP contribution is 2.46. The van der Waals surface area contributed by atoms with Crippen molar-refractivity contribution in [1.82, 2.24) is 5.32 Å². The summed E-state index contributed by atoms with van der Waals surface area (Å²) < 4.78 is 0. The van der Waals surface area contributed by atoms with Crippen molar-refractivity contribution in [2.75, 3.05) is 13.1 Å². The average molecular weight is 287 g/mol. The standard InChI is InChI=1S/C20H33N/c1-6-9-21-14-17-7-8-20(4,5)13-19(17)18-11-15(2)10-16(3)12-18/h10-12,17,19,21H,6-9,13-14H2,1-5H3. The van der Waals surface area contributed by atoms with Crippen LogP contribution in [-0.2, 0) is 0 Å². The Hall–Kier alpha value is -0.820. The summed E-state index contributed by atoms with van der Waals surface area (Å²) >= 11 is 0. The number of hydrogen-bond acceptors (Lipinski definition) is 1. The third-order valence-corrected chi connectivity index (χ3v) is 5.04. The van der Waals surface area contributed by atoms with Crippen molar-refractivity contribution < 1.29 is 0 Å². The molecular formula is C20H33N. The van der Waals surface area contributed by atoms with Crippen molar-refractivity contribution in [3.05, 3.63) is 34.9 Å². The minimum Gasteiger partial charge on any atom is -0.316 e. The van der Waals surface area contributed by atoms with E-state index in [0.717, 1.165) is 18.4 Å². The number of hydrogen-bond donors (Lipinski definition) is 1. The van der Waals surface area contributed by atoms with Crippen LogP contribution in [0.25, 0.3) is 0 Å². The van der Waals surface area contributed by atoms with Gasteiger partial charge in [-0.15, -0.1) is 0 Å². The molecule has 1 saturated carbocycles. The minimum absolute atomic E-state index is 0.490. The Morgan fingerprint density at radius 2 is 1.81 bits per heavy atom. The lowest BCUT2D eigenvalue weighted by atomic mass is 9.65. The SMILES string of the molecule is CCCNCC1CCC(C)(C)CC1c1cc(C)cc(C)c1.